The van der Waals surface area contributed by atoms with E-state index in [1.54, 1.807) is 11.8 Å². The number of aromatic nitrogens is 1. The molecule has 0 bridgehead atoms. The molecule has 3 nitrogen and oxygen atoms in total. The fourth-order valence-electron chi connectivity index (χ4n) is 2.44. The summed E-state index contributed by atoms with van der Waals surface area (Å²) in [6, 6.07) is 5.89. The van der Waals surface area contributed by atoms with E-state index in [2.05, 4.69) is 49.6 Å². The van der Waals surface area contributed by atoms with E-state index in [1.807, 2.05) is 0 Å². The second-order valence-electron chi connectivity index (χ2n) is 4.78. The minimum absolute atomic E-state index is 0.0393. The second-order valence-corrected chi connectivity index (χ2v) is 5.63. The zero-order valence-corrected chi connectivity index (χ0v) is 12.4. The highest BCUT2D eigenvalue weighted by atomic mass is 32.2. The van der Waals surface area contributed by atoms with Crippen LogP contribution in [-0.2, 0) is 13.5 Å². The maximum absolute atomic E-state index is 9.42. The third kappa shape index (κ3) is 2.38. The summed E-state index contributed by atoms with van der Waals surface area (Å²) in [6.45, 7) is 5.61. The third-order valence-electron chi connectivity index (χ3n) is 3.67. The number of nitrogens with zero attached hydrogens (tertiary/aromatic N) is 1. The first kappa shape index (κ1) is 14.0. The predicted molar refractivity (Wildman–Crippen MR) is 82.9 cm³/mol. The van der Waals surface area contributed by atoms with Crippen molar-refractivity contribution in [3.63, 3.8) is 0 Å². The average Bonchev–Trinajstić information content (AvgIpc) is 2.63. The topological polar surface area (TPSA) is 51.2 Å². The quantitative estimate of drug-likeness (QED) is 0.666. The van der Waals surface area contributed by atoms with Crippen LogP contribution in [0.25, 0.3) is 10.9 Å². The molecular formula is C15H20N2OS. The summed E-state index contributed by atoms with van der Waals surface area (Å²) in [5.41, 5.74) is 9.54. The Morgan fingerprint density at radius 1 is 1.53 bits per heavy atom. The number of para-hydroxylation sites is 1. The van der Waals surface area contributed by atoms with Crippen molar-refractivity contribution < 1.29 is 5.11 Å². The van der Waals surface area contributed by atoms with Gasteiger partial charge >= 0.3 is 0 Å². The van der Waals surface area contributed by atoms with Gasteiger partial charge in [0.25, 0.3) is 0 Å². The monoisotopic (exact) mass is 276 g/mol. The van der Waals surface area contributed by atoms with Gasteiger partial charge in [-0.2, -0.15) is 0 Å². The zero-order valence-electron chi connectivity index (χ0n) is 11.6. The predicted octanol–water partition coefficient (Wildman–Crippen LogP) is 3.15. The molecule has 0 fully saturated rings. The van der Waals surface area contributed by atoms with E-state index in [0.29, 0.717) is 6.42 Å². The molecule has 0 aliphatic carbocycles. The Morgan fingerprint density at radius 3 is 2.79 bits per heavy atom. The van der Waals surface area contributed by atoms with Crippen LogP contribution < -0.4 is 5.73 Å². The number of thioether (sulfide) groups is 1. The van der Waals surface area contributed by atoms with Gasteiger partial charge in [-0.05, 0) is 31.2 Å². The normalized spacial score (nSPS) is 12.8. The molecule has 1 atom stereocenters. The molecule has 1 aromatic carbocycles. The van der Waals surface area contributed by atoms with Gasteiger partial charge in [-0.25, -0.2) is 0 Å². The Balaban J connectivity index is 2.62. The minimum Gasteiger partial charge on any atom is -0.511 e. The molecule has 0 aliphatic rings. The van der Waals surface area contributed by atoms with Crippen LogP contribution >= 0.6 is 11.8 Å². The summed E-state index contributed by atoms with van der Waals surface area (Å²) in [4.78, 5) is 1.26. The highest BCUT2D eigenvalue weighted by Gasteiger charge is 2.17. The first-order valence-corrected chi connectivity index (χ1v) is 7.44. The maximum Gasteiger partial charge on any atom is 0.102 e. The molecule has 0 radical (unpaired) electrons. The first-order valence-electron chi connectivity index (χ1n) is 6.21. The molecule has 0 aliphatic heterocycles. The number of benzene rings is 1. The van der Waals surface area contributed by atoms with E-state index < -0.39 is 6.04 Å². The smallest absolute Gasteiger partial charge is 0.102 e. The molecule has 2 rings (SSSR count). The van der Waals surface area contributed by atoms with E-state index in [9.17, 15) is 5.11 Å². The molecule has 0 saturated heterocycles. The maximum atomic E-state index is 9.42. The van der Waals surface area contributed by atoms with Gasteiger partial charge in [-0.3, -0.25) is 0 Å². The van der Waals surface area contributed by atoms with Crippen LogP contribution in [0.3, 0.4) is 0 Å². The second kappa shape index (κ2) is 5.31. The van der Waals surface area contributed by atoms with E-state index >= 15 is 0 Å². The molecule has 0 amide bonds. The van der Waals surface area contributed by atoms with Gasteiger partial charge in [0, 0.05) is 23.0 Å². The van der Waals surface area contributed by atoms with Crippen molar-refractivity contribution in [3.05, 3.63) is 41.8 Å². The Labute approximate surface area is 118 Å². The minimum atomic E-state index is -0.415. The van der Waals surface area contributed by atoms with Crippen molar-refractivity contribution in [1.82, 2.24) is 4.57 Å². The Hall–Kier alpha value is -1.39. The standard InChI is InChI=1S/C15H20N2OS/c1-9-12(8-13(16)10(2)18)11-6-5-7-14(19-4)15(11)17(9)3/h5-7,13,18H,2,8,16H2,1,3-4H3. The highest BCUT2D eigenvalue weighted by Crippen LogP contribution is 2.32. The largest absolute Gasteiger partial charge is 0.511 e. The Morgan fingerprint density at radius 2 is 2.21 bits per heavy atom. The molecular weight excluding hydrogens is 256 g/mol. The number of aliphatic hydroxyl groups excluding tert-OH is 1. The highest BCUT2D eigenvalue weighted by molar-refractivity contribution is 7.98. The van der Waals surface area contributed by atoms with E-state index in [-0.39, 0.29) is 5.76 Å². The van der Waals surface area contributed by atoms with E-state index in [4.69, 9.17) is 5.73 Å². The van der Waals surface area contributed by atoms with Crippen LogP contribution in [0.15, 0.2) is 35.4 Å². The van der Waals surface area contributed by atoms with Gasteiger partial charge in [0.05, 0.1) is 11.6 Å². The molecule has 3 N–H and O–H groups in total. The summed E-state index contributed by atoms with van der Waals surface area (Å²) < 4.78 is 2.20. The van der Waals surface area contributed by atoms with Crippen molar-refractivity contribution >= 4 is 22.7 Å². The van der Waals surface area contributed by atoms with Gasteiger partial charge in [0.1, 0.15) is 5.76 Å². The molecule has 4 heteroatoms. The average molecular weight is 276 g/mol. The molecule has 1 heterocycles. The van der Waals surface area contributed by atoms with Crippen molar-refractivity contribution in [3.8, 4) is 0 Å². The Bertz CT molecular complexity index is 631. The van der Waals surface area contributed by atoms with Crippen LogP contribution in [0.1, 0.15) is 11.3 Å². The molecule has 102 valence electrons. The fraction of sp³-hybridized carbons (Fsp3) is 0.333. The first-order chi connectivity index (χ1) is 8.97. The van der Waals surface area contributed by atoms with Crippen LogP contribution in [-0.4, -0.2) is 22.0 Å². The lowest BCUT2D eigenvalue weighted by Gasteiger charge is -2.10. The van der Waals surface area contributed by atoms with Crippen LogP contribution in [0.5, 0.6) is 0 Å². The molecule has 19 heavy (non-hydrogen) atoms. The lowest BCUT2D eigenvalue weighted by atomic mass is 10.0. The van der Waals surface area contributed by atoms with Crippen molar-refractivity contribution in [2.45, 2.75) is 24.3 Å². The molecule has 1 unspecified atom stereocenters. The number of hydrogen-bond acceptors (Lipinski definition) is 3. The van der Waals surface area contributed by atoms with Gasteiger partial charge in [0.15, 0.2) is 0 Å². The number of fused-ring (bicyclic) bond motifs is 1. The summed E-state index contributed by atoms with van der Waals surface area (Å²) in [5.74, 6) is 0.0393. The van der Waals surface area contributed by atoms with Crippen molar-refractivity contribution in [1.29, 1.82) is 0 Å². The van der Waals surface area contributed by atoms with Gasteiger partial charge < -0.3 is 15.4 Å². The molecule has 2 aromatic rings. The number of hydrogen-bond donors (Lipinski definition) is 2. The number of aliphatic hydroxyl groups is 1. The fourth-order valence-corrected chi connectivity index (χ4v) is 3.09. The number of rotatable bonds is 4. The summed E-state index contributed by atoms with van der Waals surface area (Å²) >= 11 is 1.74. The summed E-state index contributed by atoms with van der Waals surface area (Å²) in [7, 11) is 2.07. The molecule has 0 saturated carbocycles. The lowest BCUT2D eigenvalue weighted by molar-refractivity contribution is 0.368. The Kier molecular flexibility index (Phi) is 3.92. The van der Waals surface area contributed by atoms with Crippen LogP contribution in [0, 0.1) is 6.92 Å². The van der Waals surface area contributed by atoms with E-state index in [1.165, 1.54) is 27.1 Å². The van der Waals surface area contributed by atoms with Gasteiger partial charge in [-0.1, -0.05) is 18.7 Å². The van der Waals surface area contributed by atoms with Crippen LogP contribution in [0.2, 0.25) is 0 Å². The van der Waals surface area contributed by atoms with Gasteiger partial charge in [-0.15, -0.1) is 11.8 Å². The molecule has 0 spiro atoms. The molecule has 1 aromatic heterocycles. The van der Waals surface area contributed by atoms with Crippen molar-refractivity contribution in [2.24, 2.45) is 12.8 Å². The van der Waals surface area contributed by atoms with Crippen LogP contribution in [0.4, 0.5) is 0 Å². The lowest BCUT2D eigenvalue weighted by Crippen LogP contribution is -2.25. The number of nitrogens with two attached hydrogens (primary N) is 1. The zero-order chi connectivity index (χ0) is 14.2. The third-order valence-corrected chi connectivity index (χ3v) is 4.44. The van der Waals surface area contributed by atoms with E-state index in [0.717, 1.165) is 0 Å². The summed E-state index contributed by atoms with van der Waals surface area (Å²) in [6.07, 6.45) is 2.69. The number of aryl methyl sites for hydroxylation is 1. The van der Waals surface area contributed by atoms with Crippen molar-refractivity contribution in [2.75, 3.05) is 6.26 Å². The SMILES string of the molecule is C=C(O)C(N)Cc1c(C)n(C)c2c(SC)cccc12. The summed E-state index contributed by atoms with van der Waals surface area (Å²) in [5, 5.41) is 10.6. The van der Waals surface area contributed by atoms with Gasteiger partial charge in [0.2, 0.25) is 0 Å².